The highest BCUT2D eigenvalue weighted by atomic mass is 32.2. The standard InChI is InChI=1S/C20H31NO3S/c1-19(2,3)16-8-10-18(11-9-16)25(22,23)21-14-5-12-20(24-4,13-15-21)17-6-7-17/h8-11,17H,5-7,12-15H2,1-4H3. The van der Waals surface area contributed by atoms with Gasteiger partial charge in [-0.05, 0) is 61.1 Å². The van der Waals surface area contributed by atoms with Crippen molar-refractivity contribution in [2.45, 2.75) is 68.8 Å². The van der Waals surface area contributed by atoms with Crippen LogP contribution in [0.4, 0.5) is 0 Å². The van der Waals surface area contributed by atoms with Gasteiger partial charge in [0, 0.05) is 20.2 Å². The molecule has 1 aliphatic carbocycles. The van der Waals surface area contributed by atoms with Gasteiger partial charge in [0.15, 0.2) is 0 Å². The number of sulfonamides is 1. The SMILES string of the molecule is COC1(C2CC2)CCCN(S(=O)(=O)c2ccc(C(C)(C)C)cc2)CC1. The molecule has 1 aromatic rings. The van der Waals surface area contributed by atoms with E-state index in [9.17, 15) is 8.42 Å². The van der Waals surface area contributed by atoms with Gasteiger partial charge in [0.25, 0.3) is 0 Å². The Morgan fingerprint density at radius 3 is 2.24 bits per heavy atom. The molecule has 5 heteroatoms. The minimum absolute atomic E-state index is 0.0211. The molecule has 0 spiro atoms. The van der Waals surface area contributed by atoms with Crippen molar-refractivity contribution in [2.75, 3.05) is 20.2 Å². The van der Waals surface area contributed by atoms with Gasteiger partial charge in [-0.25, -0.2) is 8.42 Å². The topological polar surface area (TPSA) is 46.6 Å². The highest BCUT2D eigenvalue weighted by molar-refractivity contribution is 7.89. The normalized spacial score (nSPS) is 26.4. The maximum Gasteiger partial charge on any atom is 0.243 e. The maximum atomic E-state index is 13.1. The molecule has 1 atom stereocenters. The van der Waals surface area contributed by atoms with Gasteiger partial charge in [-0.3, -0.25) is 0 Å². The summed E-state index contributed by atoms with van der Waals surface area (Å²) in [7, 11) is -1.65. The monoisotopic (exact) mass is 365 g/mol. The summed E-state index contributed by atoms with van der Waals surface area (Å²) < 4.78 is 33.7. The predicted molar refractivity (Wildman–Crippen MR) is 100 cm³/mol. The first-order valence-electron chi connectivity index (χ1n) is 9.35. The molecule has 1 aromatic carbocycles. The van der Waals surface area contributed by atoms with Crippen LogP contribution in [-0.2, 0) is 20.2 Å². The van der Waals surface area contributed by atoms with Crippen molar-refractivity contribution in [3.63, 3.8) is 0 Å². The Balaban J connectivity index is 1.78. The van der Waals surface area contributed by atoms with Crippen LogP contribution in [0.3, 0.4) is 0 Å². The number of benzene rings is 1. The van der Waals surface area contributed by atoms with Crippen LogP contribution < -0.4 is 0 Å². The molecule has 2 aliphatic rings. The van der Waals surface area contributed by atoms with E-state index in [1.54, 1.807) is 23.5 Å². The first kappa shape index (κ1) is 18.9. The number of hydrogen-bond acceptors (Lipinski definition) is 3. The number of nitrogens with zero attached hydrogens (tertiary/aromatic N) is 1. The van der Waals surface area contributed by atoms with Gasteiger partial charge in [0.1, 0.15) is 0 Å². The number of methoxy groups -OCH3 is 1. The van der Waals surface area contributed by atoms with Crippen molar-refractivity contribution in [1.82, 2.24) is 4.31 Å². The molecule has 1 aliphatic heterocycles. The van der Waals surface area contributed by atoms with Crippen molar-refractivity contribution in [3.8, 4) is 0 Å². The lowest BCUT2D eigenvalue weighted by Crippen LogP contribution is -2.37. The minimum atomic E-state index is -3.43. The van der Waals surface area contributed by atoms with Gasteiger partial charge >= 0.3 is 0 Å². The number of rotatable bonds is 4. The molecular formula is C20H31NO3S. The van der Waals surface area contributed by atoms with E-state index < -0.39 is 10.0 Å². The highest BCUT2D eigenvalue weighted by Gasteiger charge is 2.46. The van der Waals surface area contributed by atoms with Crippen molar-refractivity contribution in [2.24, 2.45) is 5.92 Å². The largest absolute Gasteiger partial charge is 0.378 e. The molecule has 0 bridgehead atoms. The van der Waals surface area contributed by atoms with Gasteiger partial charge in [0.05, 0.1) is 10.5 Å². The average molecular weight is 366 g/mol. The van der Waals surface area contributed by atoms with Crippen molar-refractivity contribution >= 4 is 10.0 Å². The second kappa shape index (κ2) is 6.67. The second-order valence-corrected chi connectivity index (χ2v) is 10.5. The lowest BCUT2D eigenvalue weighted by molar-refractivity contribution is -0.0395. The van der Waals surface area contributed by atoms with Crippen LogP contribution in [0, 0.1) is 5.92 Å². The van der Waals surface area contributed by atoms with E-state index in [0.29, 0.717) is 23.9 Å². The van der Waals surface area contributed by atoms with E-state index in [1.807, 2.05) is 12.1 Å². The number of ether oxygens (including phenoxy) is 1. The molecule has 0 radical (unpaired) electrons. The summed E-state index contributed by atoms with van der Waals surface area (Å²) in [5.41, 5.74) is 1.06. The van der Waals surface area contributed by atoms with Crippen LogP contribution >= 0.6 is 0 Å². The summed E-state index contributed by atoms with van der Waals surface area (Å²) >= 11 is 0. The Labute approximate surface area is 152 Å². The van der Waals surface area contributed by atoms with Crippen LogP contribution in [0.2, 0.25) is 0 Å². The van der Waals surface area contributed by atoms with Crippen LogP contribution in [0.5, 0.6) is 0 Å². The van der Waals surface area contributed by atoms with Gasteiger partial charge in [0.2, 0.25) is 10.0 Å². The van der Waals surface area contributed by atoms with Crippen LogP contribution in [-0.4, -0.2) is 38.5 Å². The van der Waals surface area contributed by atoms with Gasteiger partial charge in [-0.2, -0.15) is 4.31 Å². The molecule has 0 aromatic heterocycles. The van der Waals surface area contributed by atoms with E-state index in [2.05, 4.69) is 20.8 Å². The smallest absolute Gasteiger partial charge is 0.243 e. The van der Waals surface area contributed by atoms with Crippen LogP contribution in [0.25, 0.3) is 0 Å². The summed E-state index contributed by atoms with van der Waals surface area (Å²) in [6, 6.07) is 7.39. The molecule has 3 rings (SSSR count). The highest BCUT2D eigenvalue weighted by Crippen LogP contribution is 2.47. The van der Waals surface area contributed by atoms with Crippen molar-refractivity contribution < 1.29 is 13.2 Å². The van der Waals surface area contributed by atoms with Crippen LogP contribution in [0.1, 0.15) is 58.4 Å². The fourth-order valence-corrected chi connectivity index (χ4v) is 5.49. The number of hydrogen-bond donors (Lipinski definition) is 0. The Hall–Kier alpha value is -0.910. The molecule has 140 valence electrons. The average Bonchev–Trinajstić information content (AvgIpc) is 3.40. The lowest BCUT2D eigenvalue weighted by atomic mass is 9.87. The summed E-state index contributed by atoms with van der Waals surface area (Å²) in [5.74, 6) is 0.617. The minimum Gasteiger partial charge on any atom is -0.378 e. The summed E-state index contributed by atoms with van der Waals surface area (Å²) in [4.78, 5) is 0.400. The molecule has 0 amide bonds. The third-order valence-electron chi connectivity index (χ3n) is 5.88. The zero-order chi connectivity index (χ0) is 18.3. The van der Waals surface area contributed by atoms with E-state index in [4.69, 9.17) is 4.74 Å². The Kier molecular flexibility index (Phi) is 5.04. The predicted octanol–water partition coefficient (Wildman–Crippen LogP) is 3.95. The third kappa shape index (κ3) is 3.79. The van der Waals surface area contributed by atoms with Crippen molar-refractivity contribution in [3.05, 3.63) is 29.8 Å². The molecule has 0 N–H and O–H groups in total. The molecule has 1 saturated carbocycles. The Bertz CT molecular complexity index is 701. The zero-order valence-electron chi connectivity index (χ0n) is 15.9. The van der Waals surface area contributed by atoms with E-state index in [0.717, 1.165) is 24.8 Å². The molecule has 2 fully saturated rings. The Morgan fingerprint density at radius 1 is 1.08 bits per heavy atom. The second-order valence-electron chi connectivity index (χ2n) is 8.58. The van der Waals surface area contributed by atoms with Gasteiger partial charge in [-0.1, -0.05) is 32.9 Å². The summed E-state index contributed by atoms with van der Waals surface area (Å²) in [5, 5.41) is 0. The molecule has 1 heterocycles. The molecule has 1 unspecified atom stereocenters. The molecule has 1 saturated heterocycles. The summed E-state index contributed by atoms with van der Waals surface area (Å²) in [6.07, 6.45) is 5.06. The van der Waals surface area contributed by atoms with E-state index in [-0.39, 0.29) is 11.0 Å². The van der Waals surface area contributed by atoms with Crippen molar-refractivity contribution in [1.29, 1.82) is 0 Å². The molecule has 4 nitrogen and oxygen atoms in total. The molecule has 25 heavy (non-hydrogen) atoms. The first-order valence-corrected chi connectivity index (χ1v) is 10.8. The summed E-state index contributed by atoms with van der Waals surface area (Å²) in [6.45, 7) is 7.53. The van der Waals surface area contributed by atoms with E-state index in [1.165, 1.54) is 12.8 Å². The Morgan fingerprint density at radius 2 is 1.72 bits per heavy atom. The fraction of sp³-hybridized carbons (Fsp3) is 0.700. The maximum absolute atomic E-state index is 13.1. The van der Waals surface area contributed by atoms with Crippen LogP contribution in [0.15, 0.2) is 29.2 Å². The third-order valence-corrected chi connectivity index (χ3v) is 7.79. The van der Waals surface area contributed by atoms with Gasteiger partial charge in [-0.15, -0.1) is 0 Å². The molecular weight excluding hydrogens is 334 g/mol. The fourth-order valence-electron chi connectivity index (χ4n) is 4.01. The zero-order valence-corrected chi connectivity index (χ0v) is 16.7. The van der Waals surface area contributed by atoms with Gasteiger partial charge < -0.3 is 4.74 Å². The lowest BCUT2D eigenvalue weighted by Gasteiger charge is -2.31. The van der Waals surface area contributed by atoms with E-state index >= 15 is 0 Å². The first-order chi connectivity index (χ1) is 11.7. The quantitative estimate of drug-likeness (QED) is 0.811.